The minimum atomic E-state index is 0.515. The Morgan fingerprint density at radius 2 is 1.85 bits per heavy atom. The van der Waals surface area contributed by atoms with Gasteiger partial charge in [0.15, 0.2) is 0 Å². The van der Waals surface area contributed by atoms with Crippen LogP contribution in [0.15, 0.2) is 53.2 Å². The van der Waals surface area contributed by atoms with Gasteiger partial charge in [-0.3, -0.25) is 4.98 Å². The fourth-order valence-electron chi connectivity index (χ4n) is 1.96. The summed E-state index contributed by atoms with van der Waals surface area (Å²) in [6.45, 7) is 0. The summed E-state index contributed by atoms with van der Waals surface area (Å²) in [5, 5.41) is 3.94. The molecule has 0 saturated carbocycles. The molecular weight excluding hydrogens is 252 g/mol. The van der Waals surface area contributed by atoms with E-state index >= 15 is 0 Å². The molecule has 2 N–H and O–H groups in total. The number of nitrogens with two attached hydrogens (primary N) is 1. The number of anilines is 1. The Morgan fingerprint density at radius 3 is 2.65 bits per heavy atom. The molecule has 0 amide bonds. The Bertz CT molecular complexity index is 694. The van der Waals surface area contributed by atoms with Crippen LogP contribution in [0.5, 0.6) is 0 Å². The van der Waals surface area contributed by atoms with E-state index in [2.05, 4.69) is 15.1 Å². The van der Waals surface area contributed by atoms with Gasteiger partial charge < -0.3 is 10.3 Å². The van der Waals surface area contributed by atoms with Gasteiger partial charge in [-0.2, -0.15) is 4.98 Å². The van der Waals surface area contributed by atoms with E-state index in [0.29, 0.717) is 23.8 Å². The van der Waals surface area contributed by atoms with E-state index in [1.165, 1.54) is 0 Å². The molecule has 2 heterocycles. The summed E-state index contributed by atoms with van der Waals surface area (Å²) >= 11 is 0. The summed E-state index contributed by atoms with van der Waals surface area (Å²) in [4.78, 5) is 8.53. The topological polar surface area (TPSA) is 77.8 Å². The molecule has 2 aromatic heterocycles. The summed E-state index contributed by atoms with van der Waals surface area (Å²) in [6.07, 6.45) is 3.14. The third-order valence-electron chi connectivity index (χ3n) is 3.03. The molecule has 5 heteroatoms. The predicted molar refractivity (Wildman–Crippen MR) is 75.8 cm³/mol. The van der Waals surface area contributed by atoms with Crippen molar-refractivity contribution in [2.75, 3.05) is 5.73 Å². The zero-order valence-corrected chi connectivity index (χ0v) is 10.9. The fourth-order valence-corrected chi connectivity index (χ4v) is 1.96. The average Bonchev–Trinajstić information content (AvgIpc) is 2.96. The second kappa shape index (κ2) is 5.52. The highest BCUT2D eigenvalue weighted by Crippen LogP contribution is 2.16. The van der Waals surface area contributed by atoms with Crippen LogP contribution >= 0.6 is 0 Å². The Kier molecular flexibility index (Phi) is 3.41. The van der Waals surface area contributed by atoms with Gasteiger partial charge in [0.2, 0.25) is 11.7 Å². The first-order valence-electron chi connectivity index (χ1n) is 6.40. The van der Waals surface area contributed by atoms with Crippen molar-refractivity contribution in [2.24, 2.45) is 0 Å². The van der Waals surface area contributed by atoms with Gasteiger partial charge in [0.1, 0.15) is 5.69 Å². The van der Waals surface area contributed by atoms with Gasteiger partial charge in [0.25, 0.3) is 0 Å². The third kappa shape index (κ3) is 2.66. The lowest BCUT2D eigenvalue weighted by molar-refractivity contribution is 0.379. The zero-order chi connectivity index (χ0) is 13.8. The molecule has 0 unspecified atom stereocenters. The number of benzene rings is 1. The molecule has 0 spiro atoms. The molecule has 0 fully saturated rings. The molecule has 100 valence electrons. The molecule has 0 saturated heterocycles. The quantitative estimate of drug-likeness (QED) is 0.734. The van der Waals surface area contributed by atoms with Crippen LogP contribution in [0.1, 0.15) is 11.5 Å². The lowest BCUT2D eigenvalue weighted by atomic mass is 10.1. The summed E-state index contributed by atoms with van der Waals surface area (Å²) in [5.74, 6) is 1.11. The van der Waals surface area contributed by atoms with E-state index in [-0.39, 0.29) is 0 Å². The van der Waals surface area contributed by atoms with Crippen LogP contribution in [0.25, 0.3) is 11.5 Å². The molecule has 0 atom stereocenters. The predicted octanol–water partition coefficient (Wildman–Crippen LogP) is 2.50. The van der Waals surface area contributed by atoms with E-state index in [1.54, 1.807) is 6.20 Å². The van der Waals surface area contributed by atoms with Crippen LogP contribution in [0.2, 0.25) is 0 Å². The molecule has 3 rings (SSSR count). The molecular formula is C15H14N4O. The standard InChI is InChI=1S/C15H14N4O/c16-12-6-2-1-5-11(12)8-9-14-18-15(19-20-14)13-7-3-4-10-17-13/h1-7,10H,8-9,16H2. The monoisotopic (exact) mass is 266 g/mol. The summed E-state index contributed by atoms with van der Waals surface area (Å²) in [7, 11) is 0. The minimum Gasteiger partial charge on any atom is -0.399 e. The van der Waals surface area contributed by atoms with Gasteiger partial charge in [-0.25, -0.2) is 0 Å². The van der Waals surface area contributed by atoms with Crippen molar-refractivity contribution in [1.82, 2.24) is 15.1 Å². The van der Waals surface area contributed by atoms with E-state index in [1.807, 2.05) is 42.5 Å². The largest absolute Gasteiger partial charge is 0.399 e. The average molecular weight is 266 g/mol. The highest BCUT2D eigenvalue weighted by atomic mass is 16.5. The number of aryl methyl sites for hydroxylation is 2. The number of para-hydroxylation sites is 1. The second-order valence-electron chi connectivity index (χ2n) is 4.43. The SMILES string of the molecule is Nc1ccccc1CCc1nc(-c2ccccn2)no1. The van der Waals surface area contributed by atoms with Gasteiger partial charge >= 0.3 is 0 Å². The first-order valence-corrected chi connectivity index (χ1v) is 6.40. The van der Waals surface area contributed by atoms with Crippen molar-refractivity contribution in [2.45, 2.75) is 12.8 Å². The highest BCUT2D eigenvalue weighted by Gasteiger charge is 2.09. The number of pyridine rings is 1. The van der Waals surface area contributed by atoms with E-state index < -0.39 is 0 Å². The van der Waals surface area contributed by atoms with Gasteiger partial charge in [-0.1, -0.05) is 29.4 Å². The molecule has 20 heavy (non-hydrogen) atoms. The maximum Gasteiger partial charge on any atom is 0.227 e. The van der Waals surface area contributed by atoms with Gasteiger partial charge in [-0.15, -0.1) is 0 Å². The van der Waals surface area contributed by atoms with E-state index in [4.69, 9.17) is 10.3 Å². The van der Waals surface area contributed by atoms with Gasteiger partial charge in [0, 0.05) is 18.3 Å². The number of hydrogen-bond acceptors (Lipinski definition) is 5. The maximum absolute atomic E-state index is 5.90. The molecule has 0 bridgehead atoms. The van der Waals surface area contributed by atoms with Crippen LogP contribution in [0, 0.1) is 0 Å². The normalized spacial score (nSPS) is 10.6. The van der Waals surface area contributed by atoms with Crippen molar-refractivity contribution in [3.8, 4) is 11.5 Å². The molecule has 5 nitrogen and oxygen atoms in total. The van der Waals surface area contributed by atoms with Crippen LogP contribution in [-0.4, -0.2) is 15.1 Å². The first kappa shape index (κ1) is 12.3. The Balaban J connectivity index is 1.71. The van der Waals surface area contributed by atoms with Crippen LogP contribution in [0.3, 0.4) is 0 Å². The van der Waals surface area contributed by atoms with Crippen molar-refractivity contribution in [3.05, 3.63) is 60.1 Å². The van der Waals surface area contributed by atoms with Gasteiger partial charge in [0.05, 0.1) is 0 Å². The zero-order valence-electron chi connectivity index (χ0n) is 10.9. The molecule has 0 aliphatic rings. The number of nitrogens with zero attached hydrogens (tertiary/aromatic N) is 3. The number of hydrogen-bond donors (Lipinski definition) is 1. The highest BCUT2D eigenvalue weighted by molar-refractivity contribution is 5.48. The maximum atomic E-state index is 5.90. The second-order valence-corrected chi connectivity index (χ2v) is 4.43. The van der Waals surface area contributed by atoms with Crippen LogP contribution in [-0.2, 0) is 12.8 Å². The lowest BCUT2D eigenvalue weighted by Gasteiger charge is -2.02. The molecule has 0 aliphatic heterocycles. The van der Waals surface area contributed by atoms with Crippen LogP contribution in [0.4, 0.5) is 5.69 Å². The van der Waals surface area contributed by atoms with E-state index in [0.717, 1.165) is 17.7 Å². The van der Waals surface area contributed by atoms with Crippen molar-refractivity contribution in [3.63, 3.8) is 0 Å². The Hall–Kier alpha value is -2.69. The molecule has 0 radical (unpaired) electrons. The number of aromatic nitrogens is 3. The Morgan fingerprint density at radius 1 is 1.00 bits per heavy atom. The smallest absolute Gasteiger partial charge is 0.227 e. The molecule has 3 aromatic rings. The molecule has 1 aromatic carbocycles. The summed E-state index contributed by atoms with van der Waals surface area (Å²) in [5.41, 5.74) is 8.49. The van der Waals surface area contributed by atoms with Gasteiger partial charge in [-0.05, 0) is 30.2 Å². The molecule has 0 aliphatic carbocycles. The summed E-state index contributed by atoms with van der Waals surface area (Å²) in [6, 6.07) is 13.4. The number of nitrogen functional groups attached to an aromatic ring is 1. The minimum absolute atomic E-state index is 0.515. The van der Waals surface area contributed by atoms with E-state index in [9.17, 15) is 0 Å². The van der Waals surface area contributed by atoms with Crippen molar-refractivity contribution < 1.29 is 4.52 Å². The summed E-state index contributed by atoms with van der Waals surface area (Å²) < 4.78 is 5.24. The number of rotatable bonds is 4. The Labute approximate surface area is 116 Å². The van der Waals surface area contributed by atoms with Crippen molar-refractivity contribution >= 4 is 5.69 Å². The first-order chi connectivity index (χ1) is 9.83. The lowest BCUT2D eigenvalue weighted by Crippen LogP contribution is -1.97. The van der Waals surface area contributed by atoms with Crippen LogP contribution < -0.4 is 5.73 Å². The third-order valence-corrected chi connectivity index (χ3v) is 3.03. The fraction of sp³-hybridized carbons (Fsp3) is 0.133. The van der Waals surface area contributed by atoms with Crippen molar-refractivity contribution in [1.29, 1.82) is 0 Å².